The van der Waals surface area contributed by atoms with Crippen molar-refractivity contribution >= 4 is 21.8 Å². The van der Waals surface area contributed by atoms with E-state index in [4.69, 9.17) is 5.73 Å². The van der Waals surface area contributed by atoms with Crippen LogP contribution in [0.15, 0.2) is 28.7 Å². The molecule has 1 fully saturated rings. The highest BCUT2D eigenvalue weighted by Gasteiger charge is 2.32. The van der Waals surface area contributed by atoms with E-state index in [0.29, 0.717) is 0 Å². The molecule has 4 heteroatoms. The summed E-state index contributed by atoms with van der Waals surface area (Å²) in [5.41, 5.74) is 6.04. The zero-order valence-electron chi connectivity index (χ0n) is 11.4. The van der Waals surface area contributed by atoms with Crippen LogP contribution in [0.4, 0.5) is 0 Å². The van der Waals surface area contributed by atoms with Gasteiger partial charge >= 0.3 is 0 Å². The van der Waals surface area contributed by atoms with Gasteiger partial charge in [0.1, 0.15) is 5.54 Å². The van der Waals surface area contributed by atoms with E-state index < -0.39 is 5.54 Å². The molecule has 0 heterocycles. The fraction of sp³-hybridized carbons (Fsp3) is 0.533. The van der Waals surface area contributed by atoms with Gasteiger partial charge in [-0.25, -0.2) is 0 Å². The topological polar surface area (TPSA) is 55.1 Å². The largest absolute Gasteiger partial charge is 0.352 e. The molecule has 0 aromatic heterocycles. The number of rotatable bonds is 5. The van der Waals surface area contributed by atoms with E-state index in [2.05, 4.69) is 21.2 Å². The quantitative estimate of drug-likeness (QED) is 0.874. The molecule has 2 rings (SSSR count). The van der Waals surface area contributed by atoms with E-state index in [1.54, 1.807) is 6.92 Å². The first kappa shape index (κ1) is 14.5. The number of halogens is 1. The molecule has 19 heavy (non-hydrogen) atoms. The van der Waals surface area contributed by atoms with Crippen molar-refractivity contribution in [1.29, 1.82) is 0 Å². The number of carbonyl (C=O) groups is 1. The van der Waals surface area contributed by atoms with Crippen molar-refractivity contribution in [1.82, 2.24) is 5.32 Å². The van der Waals surface area contributed by atoms with Gasteiger partial charge in [0.05, 0.1) is 0 Å². The molecule has 0 bridgehead atoms. The van der Waals surface area contributed by atoms with Gasteiger partial charge in [0, 0.05) is 10.5 Å². The van der Waals surface area contributed by atoms with Gasteiger partial charge in [0.2, 0.25) is 5.91 Å². The van der Waals surface area contributed by atoms with Crippen LogP contribution in [-0.2, 0) is 10.3 Å². The fourth-order valence-corrected chi connectivity index (χ4v) is 2.48. The second-order valence-corrected chi connectivity index (χ2v) is 6.68. The molecule has 2 atom stereocenters. The lowest BCUT2D eigenvalue weighted by molar-refractivity contribution is -0.126. The van der Waals surface area contributed by atoms with Crippen LogP contribution in [0.3, 0.4) is 0 Å². The summed E-state index contributed by atoms with van der Waals surface area (Å²) in [4.78, 5) is 12.3. The van der Waals surface area contributed by atoms with Gasteiger partial charge in [-0.3, -0.25) is 4.79 Å². The third-order valence-corrected chi connectivity index (χ3v) is 4.21. The molecule has 1 aliphatic rings. The van der Waals surface area contributed by atoms with Crippen molar-refractivity contribution in [3.63, 3.8) is 0 Å². The maximum Gasteiger partial charge on any atom is 0.244 e. The average Bonchev–Trinajstić information content (AvgIpc) is 3.13. The van der Waals surface area contributed by atoms with Crippen LogP contribution < -0.4 is 11.1 Å². The lowest BCUT2D eigenvalue weighted by Crippen LogP contribution is -2.51. The summed E-state index contributed by atoms with van der Waals surface area (Å²) in [5.74, 6) is 0.690. The fourth-order valence-electron chi connectivity index (χ4n) is 2.21. The molecule has 104 valence electrons. The number of carbonyl (C=O) groups excluding carboxylic acids is 1. The summed E-state index contributed by atoms with van der Waals surface area (Å²) in [6, 6.07) is 7.77. The van der Waals surface area contributed by atoms with Crippen LogP contribution in [0.2, 0.25) is 0 Å². The zero-order chi connectivity index (χ0) is 14.0. The Balaban J connectivity index is 2.00. The molecule has 0 saturated heterocycles. The maximum atomic E-state index is 12.3. The van der Waals surface area contributed by atoms with Crippen LogP contribution >= 0.6 is 15.9 Å². The van der Waals surface area contributed by atoms with E-state index in [-0.39, 0.29) is 11.9 Å². The third-order valence-electron chi connectivity index (χ3n) is 3.68. The third kappa shape index (κ3) is 3.80. The Labute approximate surface area is 123 Å². The Hall–Kier alpha value is -0.870. The minimum absolute atomic E-state index is 0.108. The predicted octanol–water partition coefficient (Wildman–Crippen LogP) is 2.93. The first-order chi connectivity index (χ1) is 8.89. The van der Waals surface area contributed by atoms with Crippen molar-refractivity contribution in [3.05, 3.63) is 34.3 Å². The number of hydrogen-bond donors (Lipinski definition) is 2. The molecule has 0 spiro atoms. The van der Waals surface area contributed by atoms with Crippen molar-refractivity contribution in [2.24, 2.45) is 11.7 Å². The van der Waals surface area contributed by atoms with Crippen LogP contribution in [-0.4, -0.2) is 11.9 Å². The van der Waals surface area contributed by atoms with E-state index in [0.717, 1.165) is 22.4 Å². The highest BCUT2D eigenvalue weighted by Crippen LogP contribution is 2.33. The molecule has 3 N–H and O–H groups in total. The Morgan fingerprint density at radius 1 is 1.47 bits per heavy atom. The van der Waals surface area contributed by atoms with E-state index >= 15 is 0 Å². The molecule has 1 aromatic rings. The molecule has 1 saturated carbocycles. The highest BCUT2D eigenvalue weighted by atomic mass is 79.9. The smallest absolute Gasteiger partial charge is 0.244 e. The molecule has 0 aliphatic heterocycles. The van der Waals surface area contributed by atoms with Crippen molar-refractivity contribution in [2.75, 3.05) is 0 Å². The molecule has 2 unspecified atom stereocenters. The van der Waals surface area contributed by atoms with Gasteiger partial charge < -0.3 is 11.1 Å². The maximum absolute atomic E-state index is 12.3. The molecule has 1 amide bonds. The van der Waals surface area contributed by atoms with Gasteiger partial charge in [-0.15, -0.1) is 0 Å². The van der Waals surface area contributed by atoms with Crippen LogP contribution in [0.1, 0.15) is 38.7 Å². The first-order valence-corrected chi connectivity index (χ1v) is 7.55. The zero-order valence-corrected chi connectivity index (χ0v) is 13.0. The number of benzene rings is 1. The Bertz CT molecular complexity index is 452. The number of nitrogens with two attached hydrogens (primary N) is 1. The normalized spacial score (nSPS) is 19.6. The summed E-state index contributed by atoms with van der Waals surface area (Å²) < 4.78 is 0.981. The van der Waals surface area contributed by atoms with Gasteiger partial charge in [-0.05, 0) is 43.9 Å². The molecule has 3 nitrogen and oxygen atoms in total. The second kappa shape index (κ2) is 5.63. The number of nitrogens with one attached hydrogen (secondary N) is 1. The standard InChI is InChI=1S/C15H21BrN2O/c1-10(9-11-3-4-11)18-14(19)15(2,17)12-5-7-13(16)8-6-12/h5-8,10-11H,3-4,9,17H2,1-2H3,(H,18,19). The molecule has 0 radical (unpaired) electrons. The van der Waals surface area contributed by atoms with Crippen molar-refractivity contribution < 1.29 is 4.79 Å². The minimum Gasteiger partial charge on any atom is -0.352 e. The SMILES string of the molecule is CC(CC1CC1)NC(=O)C(C)(N)c1ccc(Br)cc1. The van der Waals surface area contributed by atoms with Crippen molar-refractivity contribution in [2.45, 2.75) is 44.7 Å². The Morgan fingerprint density at radius 3 is 2.58 bits per heavy atom. The van der Waals surface area contributed by atoms with Gasteiger partial charge in [0.25, 0.3) is 0 Å². The average molecular weight is 325 g/mol. The number of amides is 1. The van der Waals surface area contributed by atoms with Gasteiger partial charge in [-0.1, -0.05) is 40.9 Å². The Morgan fingerprint density at radius 2 is 2.05 bits per heavy atom. The first-order valence-electron chi connectivity index (χ1n) is 6.75. The second-order valence-electron chi connectivity index (χ2n) is 5.76. The monoisotopic (exact) mass is 324 g/mol. The highest BCUT2D eigenvalue weighted by molar-refractivity contribution is 9.10. The van der Waals surface area contributed by atoms with E-state index in [1.807, 2.05) is 31.2 Å². The molecular formula is C15H21BrN2O. The van der Waals surface area contributed by atoms with Crippen molar-refractivity contribution in [3.8, 4) is 0 Å². The van der Waals surface area contributed by atoms with E-state index in [9.17, 15) is 4.79 Å². The summed E-state index contributed by atoms with van der Waals surface area (Å²) in [7, 11) is 0. The van der Waals surface area contributed by atoms with Crippen LogP contribution in [0, 0.1) is 5.92 Å². The summed E-state index contributed by atoms with van der Waals surface area (Å²) >= 11 is 3.38. The summed E-state index contributed by atoms with van der Waals surface area (Å²) in [6.45, 7) is 3.81. The summed E-state index contributed by atoms with van der Waals surface area (Å²) in [5, 5.41) is 3.03. The van der Waals surface area contributed by atoms with E-state index in [1.165, 1.54) is 12.8 Å². The summed E-state index contributed by atoms with van der Waals surface area (Å²) in [6.07, 6.45) is 3.65. The van der Waals surface area contributed by atoms with Crippen LogP contribution in [0.25, 0.3) is 0 Å². The van der Waals surface area contributed by atoms with Gasteiger partial charge in [-0.2, -0.15) is 0 Å². The lowest BCUT2D eigenvalue weighted by Gasteiger charge is -2.26. The van der Waals surface area contributed by atoms with Crippen LogP contribution in [0.5, 0.6) is 0 Å². The number of hydrogen-bond acceptors (Lipinski definition) is 2. The predicted molar refractivity (Wildman–Crippen MR) is 80.6 cm³/mol. The molecular weight excluding hydrogens is 304 g/mol. The molecule has 1 aromatic carbocycles. The minimum atomic E-state index is -0.988. The van der Waals surface area contributed by atoms with Gasteiger partial charge in [0.15, 0.2) is 0 Å². The Kier molecular flexibility index (Phi) is 4.31. The lowest BCUT2D eigenvalue weighted by atomic mass is 9.92. The molecule has 1 aliphatic carbocycles.